The fourth-order valence-electron chi connectivity index (χ4n) is 3.12. The number of nitrogens with one attached hydrogen (secondary N) is 1. The van der Waals surface area contributed by atoms with Crippen molar-refractivity contribution in [2.45, 2.75) is 50.6 Å². The second kappa shape index (κ2) is 10.9. The molecule has 0 aliphatic heterocycles. The van der Waals surface area contributed by atoms with E-state index in [0.29, 0.717) is 18.5 Å². The first kappa shape index (κ1) is 21.2. The summed E-state index contributed by atoms with van der Waals surface area (Å²) in [6.07, 6.45) is 7.52. The zero-order chi connectivity index (χ0) is 16.7. The van der Waals surface area contributed by atoms with Gasteiger partial charge in [0.25, 0.3) is 0 Å². The Balaban J connectivity index is 0.00000288. The van der Waals surface area contributed by atoms with Crippen LogP contribution >= 0.6 is 24.0 Å². The molecule has 4 nitrogen and oxygen atoms in total. The van der Waals surface area contributed by atoms with Gasteiger partial charge in [0.05, 0.1) is 12.6 Å². The van der Waals surface area contributed by atoms with Gasteiger partial charge in [-0.1, -0.05) is 37.8 Å². The van der Waals surface area contributed by atoms with Gasteiger partial charge in [-0.2, -0.15) is 0 Å². The first-order valence-corrected chi connectivity index (χ1v) is 8.54. The lowest BCUT2D eigenvalue weighted by Crippen LogP contribution is -2.40. The van der Waals surface area contributed by atoms with Crippen LogP contribution in [0.15, 0.2) is 29.3 Å². The van der Waals surface area contributed by atoms with Crippen LogP contribution in [0.5, 0.6) is 0 Å². The molecule has 1 aliphatic rings. The number of nitrogens with two attached hydrogens (primary N) is 1. The molecule has 1 aromatic rings. The van der Waals surface area contributed by atoms with Crippen molar-refractivity contribution < 1.29 is 4.39 Å². The fraction of sp³-hybridized carbons (Fsp3) is 0.611. The number of benzene rings is 1. The van der Waals surface area contributed by atoms with E-state index < -0.39 is 0 Å². The minimum Gasteiger partial charge on any atom is -0.370 e. The van der Waals surface area contributed by atoms with Gasteiger partial charge in [0, 0.05) is 6.04 Å². The van der Waals surface area contributed by atoms with E-state index >= 15 is 0 Å². The molecule has 24 heavy (non-hydrogen) atoms. The second-order valence-corrected chi connectivity index (χ2v) is 6.59. The van der Waals surface area contributed by atoms with Crippen molar-refractivity contribution in [2.75, 3.05) is 20.6 Å². The summed E-state index contributed by atoms with van der Waals surface area (Å²) in [7, 11) is 4.00. The van der Waals surface area contributed by atoms with E-state index in [1.807, 2.05) is 26.2 Å². The third kappa shape index (κ3) is 6.93. The Kier molecular flexibility index (Phi) is 9.58. The van der Waals surface area contributed by atoms with Crippen LogP contribution < -0.4 is 11.1 Å². The molecule has 2 rings (SSSR count). The monoisotopic (exact) mass is 448 g/mol. The van der Waals surface area contributed by atoms with Gasteiger partial charge in [-0.05, 0) is 44.6 Å². The summed E-state index contributed by atoms with van der Waals surface area (Å²) in [6.45, 7) is 0.560. The highest BCUT2D eigenvalue weighted by atomic mass is 127. The first-order chi connectivity index (χ1) is 11.1. The molecule has 0 heterocycles. The Hall–Kier alpha value is -0.890. The maximum absolute atomic E-state index is 13.1. The van der Waals surface area contributed by atoms with Crippen LogP contribution in [0.1, 0.15) is 50.1 Å². The van der Waals surface area contributed by atoms with Gasteiger partial charge in [0.2, 0.25) is 0 Å². The number of hydrogen-bond donors (Lipinski definition) is 2. The summed E-state index contributed by atoms with van der Waals surface area (Å²) >= 11 is 0. The highest BCUT2D eigenvalue weighted by Gasteiger charge is 2.15. The van der Waals surface area contributed by atoms with Gasteiger partial charge in [0.15, 0.2) is 5.96 Å². The van der Waals surface area contributed by atoms with E-state index in [1.54, 1.807) is 0 Å². The molecule has 1 aromatic carbocycles. The van der Waals surface area contributed by atoms with Gasteiger partial charge in [0.1, 0.15) is 5.82 Å². The van der Waals surface area contributed by atoms with Crippen molar-refractivity contribution in [3.63, 3.8) is 0 Å². The summed E-state index contributed by atoms with van der Waals surface area (Å²) in [4.78, 5) is 6.60. The fourth-order valence-corrected chi connectivity index (χ4v) is 3.12. The van der Waals surface area contributed by atoms with Gasteiger partial charge >= 0.3 is 0 Å². The average Bonchev–Trinajstić information content (AvgIpc) is 2.77. The molecule has 0 aromatic heterocycles. The van der Waals surface area contributed by atoms with E-state index in [-0.39, 0.29) is 35.8 Å². The Morgan fingerprint density at radius 3 is 2.33 bits per heavy atom. The van der Waals surface area contributed by atoms with Gasteiger partial charge in [-0.3, -0.25) is 4.99 Å². The van der Waals surface area contributed by atoms with Crippen molar-refractivity contribution in [3.05, 3.63) is 35.6 Å². The van der Waals surface area contributed by atoms with Crippen LogP contribution in [0.3, 0.4) is 0 Å². The molecule has 1 unspecified atom stereocenters. The number of hydrogen-bond acceptors (Lipinski definition) is 2. The first-order valence-electron chi connectivity index (χ1n) is 8.54. The van der Waals surface area contributed by atoms with Gasteiger partial charge in [-0.15, -0.1) is 24.0 Å². The molecule has 6 heteroatoms. The van der Waals surface area contributed by atoms with Crippen molar-refractivity contribution in [1.82, 2.24) is 10.2 Å². The molecular formula is C18H30FIN4. The molecule has 0 amide bonds. The number of nitrogens with zero attached hydrogens (tertiary/aromatic N) is 2. The van der Waals surface area contributed by atoms with Gasteiger partial charge in [-0.25, -0.2) is 4.39 Å². The molecule has 1 atom stereocenters. The molecule has 0 bridgehead atoms. The minimum atomic E-state index is -0.218. The van der Waals surface area contributed by atoms with E-state index in [2.05, 4.69) is 15.2 Å². The summed E-state index contributed by atoms with van der Waals surface area (Å²) in [5.74, 6) is 0.301. The number of likely N-dealkylation sites (N-methyl/N-ethyl adjacent to an activating group) is 1. The van der Waals surface area contributed by atoms with E-state index in [9.17, 15) is 4.39 Å². The Bertz CT molecular complexity index is 496. The lowest BCUT2D eigenvalue weighted by Gasteiger charge is -2.24. The van der Waals surface area contributed by atoms with Crippen molar-refractivity contribution in [1.29, 1.82) is 0 Å². The predicted molar refractivity (Wildman–Crippen MR) is 109 cm³/mol. The average molecular weight is 448 g/mol. The number of aliphatic imine (C=N–C) groups is 1. The standard InChI is InChI=1S/C18H29FN4.HI/c1-23(2)17(14-9-11-15(19)12-10-14)13-21-18(20)22-16-7-5-3-4-6-8-16;/h9-12,16-17H,3-8,13H2,1-2H3,(H3,20,21,22);1H. The Labute approximate surface area is 162 Å². The lowest BCUT2D eigenvalue weighted by atomic mass is 10.1. The number of guanidine groups is 1. The maximum atomic E-state index is 13.1. The minimum absolute atomic E-state index is 0. The molecule has 3 N–H and O–H groups in total. The van der Waals surface area contributed by atoms with Crippen molar-refractivity contribution in [2.24, 2.45) is 10.7 Å². The van der Waals surface area contributed by atoms with Crippen LogP contribution in [0.4, 0.5) is 4.39 Å². The van der Waals surface area contributed by atoms with Crippen LogP contribution in [0.2, 0.25) is 0 Å². The third-order valence-electron chi connectivity index (χ3n) is 4.52. The third-order valence-corrected chi connectivity index (χ3v) is 4.52. The lowest BCUT2D eigenvalue weighted by molar-refractivity contribution is 0.306. The molecule has 0 radical (unpaired) electrons. The molecule has 136 valence electrons. The molecule has 0 spiro atoms. The molecule has 1 saturated carbocycles. The normalized spacial score (nSPS) is 17.9. The van der Waals surface area contributed by atoms with Crippen LogP contribution in [0.25, 0.3) is 0 Å². The predicted octanol–water partition coefficient (Wildman–Crippen LogP) is 3.67. The van der Waals surface area contributed by atoms with E-state index in [4.69, 9.17) is 5.73 Å². The summed E-state index contributed by atoms with van der Waals surface area (Å²) in [5, 5.41) is 3.36. The van der Waals surface area contributed by atoms with Crippen molar-refractivity contribution in [3.8, 4) is 0 Å². The SMILES string of the molecule is CN(C)C(CN=C(N)NC1CCCCCC1)c1ccc(F)cc1.I. The van der Waals surface area contributed by atoms with Gasteiger partial charge < -0.3 is 16.0 Å². The highest BCUT2D eigenvalue weighted by Crippen LogP contribution is 2.19. The van der Waals surface area contributed by atoms with Crippen LogP contribution in [-0.4, -0.2) is 37.5 Å². The quantitative estimate of drug-likeness (QED) is 0.313. The molecular weight excluding hydrogens is 418 g/mol. The number of halogens is 2. The Morgan fingerprint density at radius 1 is 1.21 bits per heavy atom. The number of rotatable bonds is 5. The van der Waals surface area contributed by atoms with E-state index in [1.165, 1.54) is 50.7 Å². The Morgan fingerprint density at radius 2 is 1.79 bits per heavy atom. The highest BCUT2D eigenvalue weighted by molar-refractivity contribution is 14.0. The van der Waals surface area contributed by atoms with Crippen molar-refractivity contribution >= 4 is 29.9 Å². The summed E-state index contributed by atoms with van der Waals surface area (Å²) < 4.78 is 13.1. The topological polar surface area (TPSA) is 53.6 Å². The zero-order valence-corrected chi connectivity index (χ0v) is 17.0. The second-order valence-electron chi connectivity index (χ2n) is 6.59. The molecule has 1 fully saturated rings. The smallest absolute Gasteiger partial charge is 0.188 e. The summed E-state index contributed by atoms with van der Waals surface area (Å²) in [5.41, 5.74) is 7.11. The zero-order valence-electron chi connectivity index (χ0n) is 14.7. The molecule has 0 saturated heterocycles. The maximum Gasteiger partial charge on any atom is 0.188 e. The van der Waals surface area contributed by atoms with E-state index in [0.717, 1.165) is 5.56 Å². The molecule has 1 aliphatic carbocycles. The largest absolute Gasteiger partial charge is 0.370 e. The van der Waals surface area contributed by atoms with Crippen LogP contribution in [-0.2, 0) is 0 Å². The van der Waals surface area contributed by atoms with Crippen LogP contribution in [0, 0.1) is 5.82 Å². The summed E-state index contributed by atoms with van der Waals surface area (Å²) in [6, 6.07) is 7.13.